The fraction of sp³-hybridized carbons (Fsp3) is 0.308. The van der Waals surface area contributed by atoms with Gasteiger partial charge in [-0.3, -0.25) is 4.79 Å². The van der Waals surface area contributed by atoms with E-state index < -0.39 is 0 Å². The number of hydrogen-bond donors (Lipinski definition) is 0. The predicted molar refractivity (Wildman–Crippen MR) is 75.5 cm³/mol. The second-order valence-electron chi connectivity index (χ2n) is 3.94. The van der Waals surface area contributed by atoms with Crippen LogP contribution in [0.25, 0.3) is 0 Å². The summed E-state index contributed by atoms with van der Waals surface area (Å²) in [6.45, 7) is 8.11. The Morgan fingerprint density at radius 1 is 1.59 bits per heavy atom. The summed E-state index contributed by atoms with van der Waals surface area (Å²) in [5.41, 5.74) is 0.511. The zero-order valence-electron chi connectivity index (χ0n) is 9.91. The number of rotatable bonds is 4. The van der Waals surface area contributed by atoms with E-state index in [-0.39, 0.29) is 11.9 Å². The van der Waals surface area contributed by atoms with Crippen molar-refractivity contribution in [2.45, 2.75) is 19.9 Å². The highest BCUT2D eigenvalue weighted by atomic mass is 79.9. The minimum atomic E-state index is -0.0776. The van der Waals surface area contributed by atoms with E-state index in [1.54, 1.807) is 23.1 Å². The topological polar surface area (TPSA) is 20.3 Å². The van der Waals surface area contributed by atoms with Crippen molar-refractivity contribution in [1.82, 2.24) is 4.90 Å². The quantitative estimate of drug-likeness (QED) is 0.765. The lowest BCUT2D eigenvalue weighted by Crippen LogP contribution is -2.37. The molecule has 0 aliphatic carbocycles. The van der Waals surface area contributed by atoms with Crippen LogP contribution in [0.3, 0.4) is 0 Å². The van der Waals surface area contributed by atoms with Crippen molar-refractivity contribution < 1.29 is 4.79 Å². The maximum absolute atomic E-state index is 12.3. The summed E-state index contributed by atoms with van der Waals surface area (Å²) in [5.74, 6) is -0.0776. The van der Waals surface area contributed by atoms with Crippen LogP contribution in [0.2, 0.25) is 5.02 Å². The molecule has 0 fully saturated rings. The Balaban J connectivity index is 3.09. The summed E-state index contributed by atoms with van der Waals surface area (Å²) in [7, 11) is 0. The number of carbonyl (C=O) groups excluding carboxylic acids is 1. The van der Waals surface area contributed by atoms with Crippen molar-refractivity contribution in [3.05, 3.63) is 45.9 Å². The smallest absolute Gasteiger partial charge is 0.255 e. The molecule has 0 saturated heterocycles. The van der Waals surface area contributed by atoms with Gasteiger partial charge in [-0.1, -0.05) is 23.7 Å². The maximum atomic E-state index is 12.3. The zero-order chi connectivity index (χ0) is 13.0. The summed E-state index contributed by atoms with van der Waals surface area (Å²) in [6.07, 6.45) is 1.71. The first-order valence-corrected chi connectivity index (χ1v) is 6.52. The van der Waals surface area contributed by atoms with Gasteiger partial charge in [0.2, 0.25) is 0 Å². The van der Waals surface area contributed by atoms with Gasteiger partial charge in [-0.15, -0.1) is 6.58 Å². The minimum Gasteiger partial charge on any atom is -0.332 e. The van der Waals surface area contributed by atoms with Crippen LogP contribution in [0.1, 0.15) is 24.2 Å². The van der Waals surface area contributed by atoms with Gasteiger partial charge in [-0.05, 0) is 41.9 Å². The number of nitrogens with zero attached hydrogens (tertiary/aromatic N) is 1. The van der Waals surface area contributed by atoms with E-state index in [9.17, 15) is 4.79 Å². The Kier molecular flexibility index (Phi) is 5.22. The Morgan fingerprint density at radius 3 is 2.76 bits per heavy atom. The molecule has 4 heteroatoms. The molecule has 92 valence electrons. The van der Waals surface area contributed by atoms with Gasteiger partial charge in [0.1, 0.15) is 0 Å². The molecule has 17 heavy (non-hydrogen) atoms. The van der Waals surface area contributed by atoms with Gasteiger partial charge < -0.3 is 4.90 Å². The molecule has 0 heterocycles. The normalized spacial score (nSPS) is 10.4. The average molecular weight is 317 g/mol. The van der Waals surface area contributed by atoms with Gasteiger partial charge in [-0.25, -0.2) is 0 Å². The highest BCUT2D eigenvalue weighted by Crippen LogP contribution is 2.27. The first-order valence-electron chi connectivity index (χ1n) is 5.35. The van der Waals surface area contributed by atoms with Gasteiger partial charge in [-0.2, -0.15) is 0 Å². The molecule has 0 N–H and O–H groups in total. The van der Waals surface area contributed by atoms with Gasteiger partial charge in [0.05, 0.1) is 10.6 Å². The van der Waals surface area contributed by atoms with Crippen LogP contribution < -0.4 is 0 Å². The first kappa shape index (κ1) is 14.3. The largest absolute Gasteiger partial charge is 0.332 e. The highest BCUT2D eigenvalue weighted by molar-refractivity contribution is 9.10. The monoisotopic (exact) mass is 315 g/mol. The summed E-state index contributed by atoms with van der Waals surface area (Å²) >= 11 is 9.43. The van der Waals surface area contributed by atoms with E-state index >= 15 is 0 Å². The first-order chi connectivity index (χ1) is 7.99. The molecule has 2 nitrogen and oxygen atoms in total. The van der Waals surface area contributed by atoms with Gasteiger partial charge in [0.25, 0.3) is 5.91 Å². The maximum Gasteiger partial charge on any atom is 0.255 e. The molecule has 1 amide bonds. The summed E-state index contributed by atoms with van der Waals surface area (Å²) in [6, 6.07) is 5.45. The molecule has 0 atom stereocenters. The minimum absolute atomic E-state index is 0.0776. The van der Waals surface area contributed by atoms with E-state index in [1.807, 2.05) is 19.9 Å². The number of hydrogen-bond acceptors (Lipinski definition) is 1. The molecule has 1 rings (SSSR count). The highest BCUT2D eigenvalue weighted by Gasteiger charge is 2.20. The van der Waals surface area contributed by atoms with Crippen LogP contribution in [-0.4, -0.2) is 23.4 Å². The number of amides is 1. The standard InChI is InChI=1S/C13H15BrClNO/c1-4-8-16(9(2)3)13(17)10-6-5-7-11(14)12(10)15/h4-7,9H,1,8H2,2-3H3. The fourth-order valence-corrected chi connectivity index (χ4v) is 2.06. The van der Waals surface area contributed by atoms with Crippen LogP contribution in [-0.2, 0) is 0 Å². The van der Waals surface area contributed by atoms with Crippen molar-refractivity contribution in [1.29, 1.82) is 0 Å². The SMILES string of the molecule is C=CCN(C(=O)c1cccc(Br)c1Cl)C(C)C. The molecular weight excluding hydrogens is 302 g/mol. The molecule has 1 aromatic rings. The lowest BCUT2D eigenvalue weighted by atomic mass is 10.1. The third-order valence-electron chi connectivity index (χ3n) is 2.39. The Labute approximate surface area is 115 Å². The van der Waals surface area contributed by atoms with Crippen LogP contribution in [0.5, 0.6) is 0 Å². The van der Waals surface area contributed by atoms with E-state index in [4.69, 9.17) is 11.6 Å². The van der Waals surface area contributed by atoms with Crippen molar-refractivity contribution in [3.63, 3.8) is 0 Å². The lowest BCUT2D eigenvalue weighted by molar-refractivity contribution is 0.0729. The molecule has 0 bridgehead atoms. The second-order valence-corrected chi connectivity index (χ2v) is 5.17. The molecule has 0 unspecified atom stereocenters. The van der Waals surface area contributed by atoms with Crippen LogP contribution >= 0.6 is 27.5 Å². The Bertz CT molecular complexity index is 431. The molecule has 1 aromatic carbocycles. The number of carbonyl (C=O) groups is 1. The molecule has 0 aromatic heterocycles. The third kappa shape index (κ3) is 3.33. The van der Waals surface area contributed by atoms with E-state index in [2.05, 4.69) is 22.5 Å². The molecule has 0 aliphatic rings. The molecule has 0 saturated carbocycles. The molecule has 0 spiro atoms. The van der Waals surface area contributed by atoms with Crippen LogP contribution in [0, 0.1) is 0 Å². The predicted octanol–water partition coefficient (Wildman–Crippen LogP) is 4.14. The Hall–Kier alpha value is -0.800. The molecular formula is C13H15BrClNO. The number of benzene rings is 1. The van der Waals surface area contributed by atoms with E-state index in [0.29, 0.717) is 17.1 Å². The summed E-state index contributed by atoms with van der Waals surface area (Å²) < 4.78 is 0.729. The van der Waals surface area contributed by atoms with E-state index in [1.165, 1.54) is 0 Å². The van der Waals surface area contributed by atoms with Crippen molar-refractivity contribution in [2.75, 3.05) is 6.54 Å². The lowest BCUT2D eigenvalue weighted by Gasteiger charge is -2.26. The van der Waals surface area contributed by atoms with Gasteiger partial charge in [0, 0.05) is 17.1 Å². The van der Waals surface area contributed by atoms with Crippen LogP contribution in [0.15, 0.2) is 35.3 Å². The second kappa shape index (κ2) is 6.22. The van der Waals surface area contributed by atoms with Crippen molar-refractivity contribution in [2.24, 2.45) is 0 Å². The molecule has 0 radical (unpaired) electrons. The summed E-state index contributed by atoms with van der Waals surface area (Å²) in [5, 5.41) is 0.451. The van der Waals surface area contributed by atoms with Gasteiger partial charge in [0.15, 0.2) is 0 Å². The third-order valence-corrected chi connectivity index (χ3v) is 3.69. The van der Waals surface area contributed by atoms with Crippen molar-refractivity contribution in [3.8, 4) is 0 Å². The Morgan fingerprint density at radius 2 is 2.24 bits per heavy atom. The number of halogens is 2. The zero-order valence-corrected chi connectivity index (χ0v) is 12.3. The van der Waals surface area contributed by atoms with E-state index in [0.717, 1.165) is 4.47 Å². The average Bonchev–Trinajstić information content (AvgIpc) is 2.28. The molecule has 0 aliphatic heterocycles. The fourth-order valence-electron chi connectivity index (χ4n) is 1.49. The van der Waals surface area contributed by atoms with Crippen molar-refractivity contribution >= 4 is 33.4 Å². The summed E-state index contributed by atoms with van der Waals surface area (Å²) in [4.78, 5) is 14.0. The van der Waals surface area contributed by atoms with Gasteiger partial charge >= 0.3 is 0 Å². The van der Waals surface area contributed by atoms with Crippen LogP contribution in [0.4, 0.5) is 0 Å².